The maximum absolute atomic E-state index is 11.5. The molecule has 0 aliphatic carbocycles. The lowest BCUT2D eigenvalue weighted by molar-refractivity contribution is 0.0563. The number of para-hydroxylation sites is 2. The molecule has 27 heavy (non-hydrogen) atoms. The van der Waals surface area contributed by atoms with Crippen molar-refractivity contribution in [2.45, 2.75) is 23.5 Å². The fourth-order valence-corrected chi connectivity index (χ4v) is 3.30. The summed E-state index contributed by atoms with van der Waals surface area (Å²) in [6.45, 7) is 2.20. The average Bonchev–Trinajstić information content (AvgIpc) is 3.37. The van der Waals surface area contributed by atoms with Gasteiger partial charge in [-0.15, -0.1) is 10.2 Å². The highest BCUT2D eigenvalue weighted by molar-refractivity contribution is 7.99. The minimum Gasteiger partial charge on any atom is -0.485 e. The predicted molar refractivity (Wildman–Crippen MR) is 93.9 cm³/mol. The zero-order valence-electron chi connectivity index (χ0n) is 14.6. The molecule has 0 saturated carbocycles. The van der Waals surface area contributed by atoms with Crippen molar-refractivity contribution in [2.24, 2.45) is 0 Å². The normalized spacial score (nSPS) is 16.7. The number of carbonyl (C=O) groups excluding carboxylic acids is 1. The molecular formula is C18H16N2O6S. The molecule has 0 fully saturated rings. The monoisotopic (exact) mass is 388 g/mol. The first-order valence-electron chi connectivity index (χ1n) is 8.20. The van der Waals surface area contributed by atoms with Gasteiger partial charge in [0.05, 0.1) is 12.4 Å². The molecule has 140 valence electrons. The van der Waals surface area contributed by atoms with Gasteiger partial charge in [-0.05, 0) is 31.2 Å². The van der Waals surface area contributed by atoms with Crippen molar-refractivity contribution in [3.8, 4) is 11.5 Å². The molecular weight excluding hydrogens is 372 g/mol. The predicted octanol–water partition coefficient (Wildman–Crippen LogP) is 3.82. The van der Waals surface area contributed by atoms with Crippen LogP contribution in [0, 0.1) is 0 Å². The largest absolute Gasteiger partial charge is 0.485 e. The van der Waals surface area contributed by atoms with E-state index in [4.69, 9.17) is 18.3 Å². The molecule has 2 aromatic heterocycles. The molecule has 0 radical (unpaired) electrons. The van der Waals surface area contributed by atoms with Crippen LogP contribution in [0.25, 0.3) is 0 Å². The summed E-state index contributed by atoms with van der Waals surface area (Å²) < 4.78 is 27.4. The molecule has 3 heterocycles. The molecule has 0 spiro atoms. The third-order valence-corrected chi connectivity index (χ3v) is 4.85. The summed E-state index contributed by atoms with van der Waals surface area (Å²) in [7, 11) is 1.30. The van der Waals surface area contributed by atoms with Crippen LogP contribution < -0.4 is 9.47 Å². The van der Waals surface area contributed by atoms with Gasteiger partial charge in [0.1, 0.15) is 12.4 Å². The first-order chi connectivity index (χ1) is 13.1. The Hall–Kier alpha value is -2.94. The van der Waals surface area contributed by atoms with Crippen LogP contribution in [0.5, 0.6) is 11.5 Å². The molecule has 4 rings (SSSR count). The van der Waals surface area contributed by atoms with E-state index in [1.807, 2.05) is 31.2 Å². The fraction of sp³-hybridized carbons (Fsp3) is 0.278. The molecule has 0 amide bonds. The molecule has 3 aromatic rings. The van der Waals surface area contributed by atoms with Gasteiger partial charge in [0.15, 0.2) is 11.5 Å². The van der Waals surface area contributed by atoms with Crippen LogP contribution >= 0.6 is 11.8 Å². The van der Waals surface area contributed by atoms with E-state index >= 15 is 0 Å². The average molecular weight is 388 g/mol. The molecule has 8 nitrogen and oxygen atoms in total. The van der Waals surface area contributed by atoms with E-state index in [2.05, 4.69) is 14.9 Å². The minimum atomic E-state index is -0.520. The number of hydrogen-bond acceptors (Lipinski definition) is 9. The van der Waals surface area contributed by atoms with Crippen LogP contribution in [0.4, 0.5) is 0 Å². The Morgan fingerprint density at radius 3 is 2.81 bits per heavy atom. The summed E-state index contributed by atoms with van der Waals surface area (Å²) in [6, 6.07) is 10.7. The summed E-state index contributed by atoms with van der Waals surface area (Å²) >= 11 is 1.32. The van der Waals surface area contributed by atoms with Crippen molar-refractivity contribution >= 4 is 17.7 Å². The van der Waals surface area contributed by atoms with Crippen molar-refractivity contribution in [1.82, 2.24) is 10.2 Å². The SMILES string of the molecule is COC(=O)c1ccc([C@H](C)Sc2nnc([C@H]3COc4ccccc4O3)o2)o1. The van der Waals surface area contributed by atoms with E-state index < -0.39 is 12.1 Å². The minimum absolute atomic E-state index is 0.138. The lowest BCUT2D eigenvalue weighted by atomic mass is 10.2. The number of ether oxygens (including phenoxy) is 3. The number of aromatic nitrogens is 2. The van der Waals surface area contributed by atoms with E-state index in [0.29, 0.717) is 35.0 Å². The van der Waals surface area contributed by atoms with Crippen molar-refractivity contribution in [2.75, 3.05) is 13.7 Å². The van der Waals surface area contributed by atoms with Crippen LogP contribution in [-0.2, 0) is 4.74 Å². The van der Waals surface area contributed by atoms with E-state index in [1.165, 1.54) is 18.9 Å². The van der Waals surface area contributed by atoms with Crippen molar-refractivity contribution in [3.05, 3.63) is 53.8 Å². The fourth-order valence-electron chi connectivity index (χ4n) is 2.53. The van der Waals surface area contributed by atoms with E-state index in [0.717, 1.165) is 0 Å². The van der Waals surface area contributed by atoms with Gasteiger partial charge >= 0.3 is 5.97 Å². The van der Waals surface area contributed by atoms with E-state index in [1.54, 1.807) is 12.1 Å². The molecule has 0 bridgehead atoms. The van der Waals surface area contributed by atoms with Gasteiger partial charge < -0.3 is 23.0 Å². The summed E-state index contributed by atoms with van der Waals surface area (Å²) in [5, 5.41) is 8.34. The van der Waals surface area contributed by atoms with Gasteiger partial charge in [0.25, 0.3) is 11.1 Å². The summed E-state index contributed by atoms with van der Waals surface area (Å²) in [4.78, 5) is 11.5. The Morgan fingerprint density at radius 1 is 1.19 bits per heavy atom. The highest BCUT2D eigenvalue weighted by atomic mass is 32.2. The number of rotatable bonds is 5. The van der Waals surface area contributed by atoms with E-state index in [9.17, 15) is 4.79 Å². The van der Waals surface area contributed by atoms with Crippen molar-refractivity contribution in [3.63, 3.8) is 0 Å². The molecule has 9 heteroatoms. The Kier molecular flexibility index (Phi) is 4.76. The van der Waals surface area contributed by atoms with Crippen LogP contribution in [0.3, 0.4) is 0 Å². The number of furan rings is 1. The molecule has 0 saturated heterocycles. The molecule has 0 N–H and O–H groups in total. The molecule has 1 aliphatic rings. The number of nitrogens with zero attached hydrogens (tertiary/aromatic N) is 2. The zero-order valence-corrected chi connectivity index (χ0v) is 15.4. The molecule has 1 aliphatic heterocycles. The number of benzene rings is 1. The van der Waals surface area contributed by atoms with E-state index in [-0.39, 0.29) is 11.0 Å². The molecule has 1 aromatic carbocycles. The van der Waals surface area contributed by atoms with Gasteiger partial charge in [-0.2, -0.15) is 0 Å². The third-order valence-electron chi connectivity index (χ3n) is 3.90. The van der Waals surface area contributed by atoms with Crippen LogP contribution in [0.15, 0.2) is 50.5 Å². The lowest BCUT2D eigenvalue weighted by Gasteiger charge is -2.23. The second-order valence-corrected chi connectivity index (χ2v) is 7.02. The number of esters is 1. The first kappa shape index (κ1) is 17.5. The maximum atomic E-state index is 11.5. The smallest absolute Gasteiger partial charge is 0.373 e. The molecule has 0 unspecified atom stereocenters. The zero-order chi connectivity index (χ0) is 18.8. The van der Waals surface area contributed by atoms with Crippen molar-refractivity contribution in [1.29, 1.82) is 0 Å². The lowest BCUT2D eigenvalue weighted by Crippen LogP contribution is -2.21. The third kappa shape index (κ3) is 3.63. The number of carbonyl (C=O) groups is 1. The Morgan fingerprint density at radius 2 is 2.00 bits per heavy atom. The van der Waals surface area contributed by atoms with Crippen LogP contribution in [0.2, 0.25) is 0 Å². The Labute approximate surface area is 158 Å². The van der Waals surface area contributed by atoms with Crippen LogP contribution in [0.1, 0.15) is 40.5 Å². The highest BCUT2D eigenvalue weighted by Gasteiger charge is 2.28. The summed E-state index contributed by atoms with van der Waals surface area (Å²) in [6.07, 6.45) is -0.466. The standard InChI is InChI=1S/C18H16N2O6S/c1-10(11-7-8-14(24-11)17(21)22-2)27-18-20-19-16(26-18)15-9-23-12-5-3-4-6-13(12)25-15/h3-8,10,15H,9H2,1-2H3/t10-,15+/m0/s1. The highest BCUT2D eigenvalue weighted by Crippen LogP contribution is 2.38. The quantitative estimate of drug-likeness (QED) is 0.477. The number of hydrogen-bond donors (Lipinski definition) is 0. The van der Waals surface area contributed by atoms with Crippen molar-refractivity contribution < 1.29 is 27.8 Å². The van der Waals surface area contributed by atoms with Gasteiger partial charge in [-0.3, -0.25) is 0 Å². The second kappa shape index (κ2) is 7.36. The number of thioether (sulfide) groups is 1. The van der Waals surface area contributed by atoms with Gasteiger partial charge in [0.2, 0.25) is 11.9 Å². The maximum Gasteiger partial charge on any atom is 0.373 e. The number of methoxy groups -OCH3 is 1. The number of fused-ring (bicyclic) bond motifs is 1. The second-order valence-electron chi connectivity index (χ2n) is 5.72. The molecule has 2 atom stereocenters. The Bertz CT molecular complexity index is 953. The Balaban J connectivity index is 1.42. The summed E-state index contributed by atoms with van der Waals surface area (Å²) in [5.41, 5.74) is 0. The first-order valence-corrected chi connectivity index (χ1v) is 9.08. The van der Waals surface area contributed by atoms with Gasteiger partial charge in [-0.25, -0.2) is 4.79 Å². The topological polar surface area (TPSA) is 96.8 Å². The van der Waals surface area contributed by atoms with Gasteiger partial charge in [0, 0.05) is 0 Å². The van der Waals surface area contributed by atoms with Gasteiger partial charge in [-0.1, -0.05) is 23.9 Å². The van der Waals surface area contributed by atoms with Crippen LogP contribution in [-0.4, -0.2) is 29.9 Å². The summed E-state index contributed by atoms with van der Waals surface area (Å²) in [5.74, 6) is 1.90.